The van der Waals surface area contributed by atoms with Gasteiger partial charge in [-0.05, 0) is 30.3 Å². The van der Waals surface area contributed by atoms with E-state index in [1.807, 2.05) is 0 Å². The van der Waals surface area contributed by atoms with Gasteiger partial charge in [-0.15, -0.1) is 11.3 Å². The van der Waals surface area contributed by atoms with E-state index in [0.29, 0.717) is 5.69 Å². The molecule has 4 nitrogen and oxygen atoms in total. The van der Waals surface area contributed by atoms with Crippen LogP contribution in [0.3, 0.4) is 0 Å². The monoisotopic (exact) mass is 323 g/mol. The molecule has 0 aliphatic carbocycles. The van der Waals surface area contributed by atoms with Crippen molar-refractivity contribution in [2.75, 3.05) is 4.72 Å². The van der Waals surface area contributed by atoms with Crippen molar-refractivity contribution < 1.29 is 13.5 Å². The van der Waals surface area contributed by atoms with Gasteiger partial charge in [0.2, 0.25) is 0 Å². The second-order valence-electron chi connectivity index (χ2n) is 3.34. The first-order chi connectivity index (χ1) is 8.38. The zero-order chi connectivity index (χ0) is 13.3. The second-order valence-corrected chi connectivity index (χ2v) is 7.31. The summed E-state index contributed by atoms with van der Waals surface area (Å²) < 4.78 is 26.6. The molecule has 0 bridgehead atoms. The molecular weight excluding hydrogens is 317 g/mol. The van der Waals surface area contributed by atoms with Crippen molar-refractivity contribution in [3.8, 4) is 5.75 Å². The third-order valence-electron chi connectivity index (χ3n) is 2.01. The van der Waals surface area contributed by atoms with Crippen LogP contribution in [0.15, 0.2) is 34.5 Å². The molecule has 0 unspecified atom stereocenters. The molecule has 0 fully saturated rings. The van der Waals surface area contributed by atoms with Crippen molar-refractivity contribution in [1.82, 2.24) is 0 Å². The number of rotatable bonds is 3. The highest BCUT2D eigenvalue weighted by atomic mass is 35.5. The van der Waals surface area contributed by atoms with Crippen LogP contribution in [0.4, 0.5) is 5.69 Å². The molecule has 0 saturated heterocycles. The van der Waals surface area contributed by atoms with Gasteiger partial charge in [0.15, 0.2) is 0 Å². The summed E-state index contributed by atoms with van der Waals surface area (Å²) in [7, 11) is -3.71. The molecule has 0 aliphatic rings. The highest BCUT2D eigenvalue weighted by molar-refractivity contribution is 7.94. The van der Waals surface area contributed by atoms with Gasteiger partial charge in [0.1, 0.15) is 14.3 Å². The van der Waals surface area contributed by atoms with Crippen LogP contribution < -0.4 is 4.72 Å². The summed E-state index contributed by atoms with van der Waals surface area (Å²) in [6.45, 7) is 0. The second kappa shape index (κ2) is 4.97. The van der Waals surface area contributed by atoms with E-state index in [2.05, 4.69) is 4.72 Å². The number of benzene rings is 1. The third-order valence-corrected chi connectivity index (χ3v) is 5.73. The minimum absolute atomic E-state index is 0.0329. The Morgan fingerprint density at radius 2 is 1.78 bits per heavy atom. The van der Waals surface area contributed by atoms with Crippen molar-refractivity contribution in [1.29, 1.82) is 0 Å². The quantitative estimate of drug-likeness (QED) is 0.849. The lowest BCUT2D eigenvalue weighted by Gasteiger charge is -2.05. The van der Waals surface area contributed by atoms with Crippen LogP contribution in [-0.2, 0) is 10.0 Å². The van der Waals surface area contributed by atoms with Gasteiger partial charge < -0.3 is 5.11 Å². The summed E-state index contributed by atoms with van der Waals surface area (Å²) in [5.41, 5.74) is 0.341. The molecule has 0 aliphatic heterocycles. The number of phenolic OH excluding ortho intramolecular Hbond substituents is 1. The third kappa shape index (κ3) is 2.89. The van der Waals surface area contributed by atoms with E-state index < -0.39 is 10.0 Å². The molecular formula is C10H7Cl2NO3S2. The zero-order valence-electron chi connectivity index (χ0n) is 8.72. The Morgan fingerprint density at radius 3 is 2.28 bits per heavy atom. The molecule has 1 heterocycles. The molecule has 0 radical (unpaired) electrons. The van der Waals surface area contributed by atoms with Crippen molar-refractivity contribution >= 4 is 50.2 Å². The fourth-order valence-electron chi connectivity index (χ4n) is 1.19. The van der Waals surface area contributed by atoms with Crippen LogP contribution in [0.25, 0.3) is 0 Å². The van der Waals surface area contributed by atoms with Gasteiger partial charge >= 0.3 is 0 Å². The fraction of sp³-hybridized carbons (Fsp3) is 0. The molecule has 8 heteroatoms. The fourth-order valence-corrected chi connectivity index (χ4v) is 4.13. The van der Waals surface area contributed by atoms with Gasteiger partial charge in [-0.1, -0.05) is 23.2 Å². The van der Waals surface area contributed by atoms with Gasteiger partial charge in [-0.3, -0.25) is 4.72 Å². The standard InChI is InChI=1S/C10H7Cl2NO3S2/c11-8-5-9(17-10(8)12)18(15,16)13-6-1-3-7(14)4-2-6/h1-5,13-14H. The van der Waals surface area contributed by atoms with Crippen molar-refractivity contribution in [3.63, 3.8) is 0 Å². The van der Waals surface area contributed by atoms with E-state index in [1.165, 1.54) is 30.3 Å². The molecule has 18 heavy (non-hydrogen) atoms. The Hall–Kier alpha value is -0.950. The lowest BCUT2D eigenvalue weighted by atomic mass is 10.3. The summed E-state index contributed by atoms with van der Waals surface area (Å²) >= 11 is 12.3. The maximum Gasteiger partial charge on any atom is 0.271 e. The summed E-state index contributed by atoms with van der Waals surface area (Å²) in [5.74, 6) is 0.0557. The number of phenols is 1. The minimum Gasteiger partial charge on any atom is -0.508 e. The van der Waals surface area contributed by atoms with Gasteiger partial charge in [0.25, 0.3) is 10.0 Å². The SMILES string of the molecule is O=S(=O)(Nc1ccc(O)cc1)c1cc(Cl)c(Cl)s1. The molecule has 0 spiro atoms. The van der Waals surface area contributed by atoms with Gasteiger partial charge in [0, 0.05) is 5.69 Å². The maximum absolute atomic E-state index is 12.0. The largest absolute Gasteiger partial charge is 0.508 e. The summed E-state index contributed by atoms with van der Waals surface area (Å²) in [4.78, 5) is 0. The van der Waals surface area contributed by atoms with E-state index in [0.717, 1.165) is 11.3 Å². The summed E-state index contributed by atoms with van der Waals surface area (Å²) in [6.07, 6.45) is 0. The van der Waals surface area contributed by atoms with E-state index in [1.54, 1.807) is 0 Å². The molecule has 1 aromatic heterocycles. The average Bonchev–Trinajstić information content (AvgIpc) is 2.63. The Labute approximate surface area is 118 Å². The lowest BCUT2D eigenvalue weighted by molar-refractivity contribution is 0.475. The Kier molecular flexibility index (Phi) is 3.72. The number of hydrogen-bond acceptors (Lipinski definition) is 4. The Balaban J connectivity index is 2.29. The highest BCUT2D eigenvalue weighted by Crippen LogP contribution is 2.35. The first kappa shape index (κ1) is 13.5. The number of thiophene rings is 1. The zero-order valence-corrected chi connectivity index (χ0v) is 11.9. The van der Waals surface area contributed by atoms with E-state index in [9.17, 15) is 8.42 Å². The van der Waals surface area contributed by atoms with Crippen LogP contribution >= 0.6 is 34.5 Å². The van der Waals surface area contributed by atoms with Gasteiger partial charge in [0.05, 0.1) is 5.02 Å². The molecule has 2 aromatic rings. The first-order valence-electron chi connectivity index (χ1n) is 4.65. The van der Waals surface area contributed by atoms with E-state index >= 15 is 0 Å². The number of aromatic hydroxyl groups is 1. The first-order valence-corrected chi connectivity index (χ1v) is 7.71. The number of sulfonamides is 1. The Bertz CT molecular complexity index is 645. The minimum atomic E-state index is -3.71. The van der Waals surface area contributed by atoms with Crippen LogP contribution in [0.2, 0.25) is 9.36 Å². The van der Waals surface area contributed by atoms with E-state index in [-0.39, 0.29) is 19.3 Å². The van der Waals surface area contributed by atoms with Crippen LogP contribution in [-0.4, -0.2) is 13.5 Å². The molecule has 96 valence electrons. The number of hydrogen-bond donors (Lipinski definition) is 2. The molecule has 0 atom stereocenters. The highest BCUT2D eigenvalue weighted by Gasteiger charge is 2.19. The summed E-state index contributed by atoms with van der Waals surface area (Å²) in [5, 5.41) is 9.30. The average molecular weight is 324 g/mol. The number of halogens is 2. The van der Waals surface area contributed by atoms with Gasteiger partial charge in [-0.25, -0.2) is 8.42 Å². The topological polar surface area (TPSA) is 66.4 Å². The smallest absolute Gasteiger partial charge is 0.271 e. The van der Waals surface area contributed by atoms with Crippen molar-refractivity contribution in [2.24, 2.45) is 0 Å². The van der Waals surface area contributed by atoms with Crippen molar-refractivity contribution in [3.05, 3.63) is 39.7 Å². The maximum atomic E-state index is 12.0. The summed E-state index contributed by atoms with van der Waals surface area (Å²) in [6, 6.07) is 6.95. The Morgan fingerprint density at radius 1 is 1.17 bits per heavy atom. The lowest BCUT2D eigenvalue weighted by Crippen LogP contribution is -2.11. The van der Waals surface area contributed by atoms with Crippen LogP contribution in [0.1, 0.15) is 0 Å². The van der Waals surface area contributed by atoms with Crippen LogP contribution in [0.5, 0.6) is 5.75 Å². The van der Waals surface area contributed by atoms with E-state index in [4.69, 9.17) is 28.3 Å². The van der Waals surface area contributed by atoms with Crippen LogP contribution in [0, 0.1) is 0 Å². The molecule has 0 amide bonds. The predicted octanol–water partition coefficient (Wildman–Crippen LogP) is 3.56. The molecule has 1 aromatic carbocycles. The number of nitrogens with one attached hydrogen (secondary N) is 1. The molecule has 2 N–H and O–H groups in total. The van der Waals surface area contributed by atoms with Crippen molar-refractivity contribution in [2.45, 2.75) is 4.21 Å². The normalized spacial score (nSPS) is 11.4. The number of anilines is 1. The molecule has 2 rings (SSSR count). The predicted molar refractivity (Wildman–Crippen MR) is 73.3 cm³/mol. The van der Waals surface area contributed by atoms with Gasteiger partial charge in [-0.2, -0.15) is 0 Å². The molecule has 0 saturated carbocycles.